The first-order chi connectivity index (χ1) is 8.78. The van der Waals surface area contributed by atoms with Gasteiger partial charge < -0.3 is 4.74 Å². The lowest BCUT2D eigenvalue weighted by Crippen LogP contribution is -2.16. The summed E-state index contributed by atoms with van der Waals surface area (Å²) in [7, 11) is 0. The van der Waals surface area contributed by atoms with Crippen LogP contribution in [0.4, 0.5) is 0 Å². The smallest absolute Gasteiger partial charge is 0.309 e. The standard InChI is InChI=1S/C16H20O2/c1-2-18-15(17)14-13-9-6-10-16(13,14)11-12-7-4-3-5-8-12/h3-5,7-8,13-14H,2,6,9-11H2,1H3. The Morgan fingerprint density at radius 1 is 1.39 bits per heavy atom. The molecule has 3 unspecified atom stereocenters. The van der Waals surface area contributed by atoms with E-state index in [9.17, 15) is 4.79 Å². The average molecular weight is 244 g/mol. The topological polar surface area (TPSA) is 26.3 Å². The third-order valence-electron chi connectivity index (χ3n) is 4.73. The third kappa shape index (κ3) is 1.75. The number of carbonyl (C=O) groups is 1. The molecule has 0 saturated heterocycles. The van der Waals surface area contributed by atoms with Gasteiger partial charge in [-0.05, 0) is 43.1 Å². The van der Waals surface area contributed by atoms with Gasteiger partial charge in [0.1, 0.15) is 0 Å². The van der Waals surface area contributed by atoms with Crippen LogP contribution in [0.1, 0.15) is 31.7 Å². The molecule has 3 rings (SSSR count). The van der Waals surface area contributed by atoms with Crippen LogP contribution < -0.4 is 0 Å². The summed E-state index contributed by atoms with van der Waals surface area (Å²) in [5.41, 5.74) is 1.59. The van der Waals surface area contributed by atoms with E-state index in [2.05, 4.69) is 24.3 Å². The van der Waals surface area contributed by atoms with Crippen molar-refractivity contribution < 1.29 is 9.53 Å². The fourth-order valence-electron chi connectivity index (χ4n) is 3.96. The summed E-state index contributed by atoms with van der Waals surface area (Å²) in [6.45, 7) is 2.39. The van der Waals surface area contributed by atoms with Gasteiger partial charge in [-0.1, -0.05) is 36.8 Å². The summed E-state index contributed by atoms with van der Waals surface area (Å²) in [5.74, 6) is 0.793. The van der Waals surface area contributed by atoms with Crippen LogP contribution in [-0.2, 0) is 16.0 Å². The molecule has 0 aromatic heterocycles. The van der Waals surface area contributed by atoms with E-state index in [-0.39, 0.29) is 17.3 Å². The Kier molecular flexibility index (Phi) is 2.89. The second-order valence-corrected chi connectivity index (χ2v) is 5.62. The maximum Gasteiger partial charge on any atom is 0.309 e. The fourth-order valence-corrected chi connectivity index (χ4v) is 3.96. The first kappa shape index (κ1) is 11.8. The van der Waals surface area contributed by atoms with Crippen LogP contribution >= 0.6 is 0 Å². The molecule has 2 fully saturated rings. The molecule has 2 nitrogen and oxygen atoms in total. The molecule has 0 spiro atoms. The molecule has 2 aliphatic carbocycles. The van der Waals surface area contributed by atoms with Crippen LogP contribution in [0.5, 0.6) is 0 Å². The van der Waals surface area contributed by atoms with Gasteiger partial charge in [-0.15, -0.1) is 0 Å². The zero-order valence-electron chi connectivity index (χ0n) is 10.9. The minimum atomic E-state index is 0.0399. The number of ether oxygens (including phenoxy) is 1. The molecule has 96 valence electrons. The Hall–Kier alpha value is -1.31. The number of hydrogen-bond acceptors (Lipinski definition) is 2. The third-order valence-corrected chi connectivity index (χ3v) is 4.73. The summed E-state index contributed by atoms with van der Waals surface area (Å²) < 4.78 is 5.23. The van der Waals surface area contributed by atoms with Crippen LogP contribution in [0.3, 0.4) is 0 Å². The van der Waals surface area contributed by atoms with E-state index in [1.807, 2.05) is 13.0 Å². The Balaban J connectivity index is 1.75. The molecular weight excluding hydrogens is 224 g/mol. The van der Waals surface area contributed by atoms with Gasteiger partial charge in [-0.3, -0.25) is 4.79 Å². The van der Waals surface area contributed by atoms with Crippen molar-refractivity contribution in [2.45, 2.75) is 32.6 Å². The molecular formula is C16H20O2. The summed E-state index contributed by atoms with van der Waals surface area (Å²) in [6.07, 6.45) is 4.71. The molecule has 0 bridgehead atoms. The van der Waals surface area contributed by atoms with E-state index in [0.717, 1.165) is 6.42 Å². The summed E-state index contributed by atoms with van der Waals surface area (Å²) >= 11 is 0. The SMILES string of the molecule is CCOC(=O)C1C2CCCC21Cc1ccccc1. The maximum atomic E-state index is 12.0. The van der Waals surface area contributed by atoms with E-state index in [4.69, 9.17) is 4.74 Å². The van der Waals surface area contributed by atoms with Crippen molar-refractivity contribution in [3.8, 4) is 0 Å². The predicted octanol–water partition coefficient (Wildman–Crippen LogP) is 3.21. The van der Waals surface area contributed by atoms with Crippen LogP contribution in [0.25, 0.3) is 0 Å². The Morgan fingerprint density at radius 3 is 2.89 bits per heavy atom. The monoisotopic (exact) mass is 244 g/mol. The highest BCUT2D eigenvalue weighted by molar-refractivity contribution is 5.78. The molecule has 2 aliphatic rings. The average Bonchev–Trinajstić information content (AvgIpc) is 2.79. The molecule has 1 aromatic rings. The summed E-state index contributed by atoms with van der Waals surface area (Å²) in [5, 5.41) is 0. The van der Waals surface area contributed by atoms with E-state index < -0.39 is 0 Å². The number of fused-ring (bicyclic) bond motifs is 1. The number of hydrogen-bond donors (Lipinski definition) is 0. The number of rotatable bonds is 4. The van der Waals surface area contributed by atoms with Crippen LogP contribution in [0.15, 0.2) is 30.3 Å². The first-order valence-corrected chi connectivity index (χ1v) is 6.98. The van der Waals surface area contributed by atoms with Crippen LogP contribution in [0, 0.1) is 17.3 Å². The molecule has 1 aromatic carbocycles. The molecule has 18 heavy (non-hydrogen) atoms. The van der Waals surface area contributed by atoms with Gasteiger partial charge in [0.15, 0.2) is 0 Å². The minimum Gasteiger partial charge on any atom is -0.466 e. The molecule has 2 heteroatoms. The van der Waals surface area contributed by atoms with Crippen molar-refractivity contribution in [3.63, 3.8) is 0 Å². The Morgan fingerprint density at radius 2 is 2.17 bits per heavy atom. The lowest BCUT2D eigenvalue weighted by Gasteiger charge is -2.14. The van der Waals surface area contributed by atoms with Crippen LogP contribution in [-0.4, -0.2) is 12.6 Å². The molecule has 0 amide bonds. The van der Waals surface area contributed by atoms with Gasteiger partial charge in [0.2, 0.25) is 0 Å². The van der Waals surface area contributed by atoms with Gasteiger partial charge >= 0.3 is 5.97 Å². The first-order valence-electron chi connectivity index (χ1n) is 6.98. The largest absolute Gasteiger partial charge is 0.466 e. The van der Waals surface area contributed by atoms with Crippen molar-refractivity contribution >= 4 is 5.97 Å². The van der Waals surface area contributed by atoms with Crippen molar-refractivity contribution in [2.24, 2.45) is 17.3 Å². The number of carbonyl (C=O) groups excluding carboxylic acids is 1. The van der Waals surface area contributed by atoms with Gasteiger partial charge in [-0.25, -0.2) is 0 Å². The van der Waals surface area contributed by atoms with Crippen molar-refractivity contribution in [1.29, 1.82) is 0 Å². The zero-order chi connectivity index (χ0) is 12.6. The summed E-state index contributed by atoms with van der Waals surface area (Å²) in [4.78, 5) is 12.0. The van der Waals surface area contributed by atoms with Crippen molar-refractivity contribution in [3.05, 3.63) is 35.9 Å². The van der Waals surface area contributed by atoms with Crippen molar-refractivity contribution in [1.82, 2.24) is 0 Å². The summed E-state index contributed by atoms with van der Waals surface area (Å²) in [6, 6.07) is 10.5. The molecule has 2 saturated carbocycles. The molecule has 3 atom stereocenters. The van der Waals surface area contributed by atoms with Crippen molar-refractivity contribution in [2.75, 3.05) is 6.61 Å². The predicted molar refractivity (Wildman–Crippen MR) is 70.0 cm³/mol. The van der Waals surface area contributed by atoms with Gasteiger partial charge in [0.25, 0.3) is 0 Å². The highest BCUT2D eigenvalue weighted by Gasteiger charge is 2.69. The number of esters is 1. The Labute approximate surface area is 108 Å². The normalized spacial score (nSPS) is 32.9. The van der Waals surface area contributed by atoms with Gasteiger partial charge in [0, 0.05) is 0 Å². The van der Waals surface area contributed by atoms with E-state index in [1.165, 1.54) is 24.8 Å². The van der Waals surface area contributed by atoms with E-state index in [1.54, 1.807) is 0 Å². The quantitative estimate of drug-likeness (QED) is 0.760. The highest BCUT2D eigenvalue weighted by atomic mass is 16.5. The number of benzene rings is 1. The second-order valence-electron chi connectivity index (χ2n) is 5.62. The van der Waals surface area contributed by atoms with E-state index in [0.29, 0.717) is 12.5 Å². The van der Waals surface area contributed by atoms with Gasteiger partial charge in [-0.2, -0.15) is 0 Å². The molecule has 0 aliphatic heterocycles. The Bertz CT molecular complexity index is 440. The lowest BCUT2D eigenvalue weighted by molar-refractivity contribution is -0.146. The minimum absolute atomic E-state index is 0.0399. The second kappa shape index (κ2) is 4.42. The van der Waals surface area contributed by atoms with E-state index >= 15 is 0 Å². The highest BCUT2D eigenvalue weighted by Crippen LogP contribution is 2.70. The van der Waals surface area contributed by atoms with Crippen LogP contribution in [0.2, 0.25) is 0 Å². The molecule has 0 heterocycles. The molecule has 0 N–H and O–H groups in total. The lowest BCUT2D eigenvalue weighted by atomic mass is 9.91. The molecule has 0 radical (unpaired) electrons. The zero-order valence-corrected chi connectivity index (χ0v) is 10.9. The maximum absolute atomic E-state index is 12.0. The van der Waals surface area contributed by atoms with Gasteiger partial charge in [0.05, 0.1) is 12.5 Å². The fraction of sp³-hybridized carbons (Fsp3) is 0.562.